The lowest BCUT2D eigenvalue weighted by molar-refractivity contribution is -0.136. The Morgan fingerprint density at radius 1 is 1.15 bits per heavy atom. The second-order valence-corrected chi connectivity index (χ2v) is 5.95. The van der Waals surface area contributed by atoms with Crippen LogP contribution < -0.4 is 27.4 Å². The molecule has 0 aliphatic carbocycles. The maximum absolute atomic E-state index is 12.2. The molecule has 134 valence electrons. The summed E-state index contributed by atoms with van der Waals surface area (Å²) in [5.41, 5.74) is 3.11. The van der Waals surface area contributed by atoms with Crippen LogP contribution in [-0.2, 0) is 24.6 Å². The number of carbonyl (C=O) groups is 1. The molecule has 3 heterocycles. The number of benzene rings is 1. The van der Waals surface area contributed by atoms with Gasteiger partial charge in [-0.25, -0.2) is 4.79 Å². The van der Waals surface area contributed by atoms with Gasteiger partial charge in [-0.15, -0.1) is 0 Å². The van der Waals surface area contributed by atoms with Gasteiger partial charge in [0.15, 0.2) is 11.2 Å². The fourth-order valence-electron chi connectivity index (χ4n) is 2.90. The van der Waals surface area contributed by atoms with E-state index in [-0.39, 0.29) is 17.1 Å². The molecule has 0 bridgehead atoms. The zero-order valence-electron chi connectivity index (χ0n) is 13.8. The Kier molecular flexibility index (Phi) is 3.26. The van der Waals surface area contributed by atoms with E-state index in [0.717, 1.165) is 4.57 Å². The predicted octanol–water partition coefficient (Wildman–Crippen LogP) is -1.33. The number of fused-ring (bicyclic) bond motifs is 2. The molecule has 1 aliphatic rings. The van der Waals surface area contributed by atoms with E-state index in [4.69, 9.17) is 0 Å². The van der Waals surface area contributed by atoms with Crippen molar-refractivity contribution in [3.8, 4) is 0 Å². The van der Waals surface area contributed by atoms with Crippen molar-refractivity contribution in [2.75, 3.05) is 10.7 Å². The normalized spacial score (nSPS) is 18.8. The smallest absolute Gasteiger partial charge is 0.332 e. The van der Waals surface area contributed by atoms with Gasteiger partial charge in [-0.2, -0.15) is 10.4 Å². The first-order chi connectivity index (χ1) is 12.3. The van der Waals surface area contributed by atoms with Crippen LogP contribution in [0.3, 0.4) is 0 Å². The fourth-order valence-corrected chi connectivity index (χ4v) is 2.90. The highest BCUT2D eigenvalue weighted by Gasteiger charge is 2.45. The molecule has 0 saturated heterocycles. The molecule has 3 aromatic rings. The topological polar surface area (TPSA) is 146 Å². The standard InChI is InChI=1S/C15H15N7O4/c1-21-10-9(11(23)22(2)14(21)25)17-13(18-10)19-20-15(26)7-5-3-4-6-8(7)16-12(15)24/h3-6,20,26H,1-2H3,(H,16,24)(H2,17,18,19). The summed E-state index contributed by atoms with van der Waals surface area (Å²) >= 11 is 0. The van der Waals surface area contributed by atoms with Crippen LogP contribution in [0.2, 0.25) is 0 Å². The zero-order chi connectivity index (χ0) is 18.6. The van der Waals surface area contributed by atoms with Crippen LogP contribution >= 0.6 is 0 Å². The zero-order valence-corrected chi connectivity index (χ0v) is 13.8. The molecule has 0 fully saturated rings. The number of carbonyl (C=O) groups excluding carboxylic acids is 1. The molecule has 1 aliphatic heterocycles. The first-order valence-electron chi connectivity index (χ1n) is 7.65. The summed E-state index contributed by atoms with van der Waals surface area (Å²) in [5, 5.41) is 13.3. The second-order valence-electron chi connectivity index (χ2n) is 5.95. The number of H-pyrrole nitrogens is 1. The maximum Gasteiger partial charge on any atom is 0.332 e. The molecule has 4 rings (SSSR count). The molecule has 1 atom stereocenters. The molecular weight excluding hydrogens is 342 g/mol. The Morgan fingerprint density at radius 3 is 2.65 bits per heavy atom. The number of aryl methyl sites for hydroxylation is 1. The van der Waals surface area contributed by atoms with Gasteiger partial charge in [0.05, 0.1) is 0 Å². The van der Waals surface area contributed by atoms with E-state index in [0.29, 0.717) is 11.3 Å². The first kappa shape index (κ1) is 16.1. The van der Waals surface area contributed by atoms with Crippen LogP contribution in [0.1, 0.15) is 5.56 Å². The van der Waals surface area contributed by atoms with Gasteiger partial charge in [-0.1, -0.05) is 18.2 Å². The highest BCUT2D eigenvalue weighted by atomic mass is 16.3. The number of aromatic amines is 1. The number of aromatic nitrogens is 4. The monoisotopic (exact) mass is 357 g/mol. The van der Waals surface area contributed by atoms with Crippen molar-refractivity contribution in [2.24, 2.45) is 14.1 Å². The van der Waals surface area contributed by atoms with Gasteiger partial charge in [0.1, 0.15) is 0 Å². The van der Waals surface area contributed by atoms with Crippen molar-refractivity contribution in [3.63, 3.8) is 0 Å². The lowest BCUT2D eigenvalue weighted by Gasteiger charge is -2.22. The predicted molar refractivity (Wildman–Crippen MR) is 92.3 cm³/mol. The summed E-state index contributed by atoms with van der Waals surface area (Å²) < 4.78 is 2.16. The average molecular weight is 357 g/mol. The third-order valence-corrected chi connectivity index (χ3v) is 4.35. The van der Waals surface area contributed by atoms with Crippen molar-refractivity contribution in [1.82, 2.24) is 24.5 Å². The Labute approximate surface area is 145 Å². The number of rotatable bonds is 3. The molecule has 5 N–H and O–H groups in total. The lowest BCUT2D eigenvalue weighted by atomic mass is 10.1. The number of para-hydroxylation sites is 1. The molecule has 2 aromatic heterocycles. The molecular formula is C15H15N7O4. The first-order valence-corrected chi connectivity index (χ1v) is 7.65. The summed E-state index contributed by atoms with van der Waals surface area (Å²) in [4.78, 5) is 43.1. The molecule has 26 heavy (non-hydrogen) atoms. The molecule has 1 unspecified atom stereocenters. The van der Waals surface area contributed by atoms with Crippen molar-refractivity contribution in [2.45, 2.75) is 5.72 Å². The Balaban J connectivity index is 1.70. The van der Waals surface area contributed by atoms with Gasteiger partial charge in [-0.05, 0) is 6.07 Å². The lowest BCUT2D eigenvalue weighted by Crippen LogP contribution is -2.50. The molecule has 1 amide bonds. The minimum absolute atomic E-state index is 0.0592. The van der Waals surface area contributed by atoms with Crippen molar-refractivity contribution in [1.29, 1.82) is 0 Å². The summed E-state index contributed by atoms with van der Waals surface area (Å²) in [6, 6.07) is 6.67. The van der Waals surface area contributed by atoms with E-state index < -0.39 is 22.9 Å². The molecule has 11 heteroatoms. The third kappa shape index (κ3) is 2.08. The number of hydrogen-bond acceptors (Lipinski definition) is 7. The van der Waals surface area contributed by atoms with Gasteiger partial charge < -0.3 is 15.4 Å². The number of hydrogen-bond donors (Lipinski definition) is 5. The Hall–Kier alpha value is -3.44. The van der Waals surface area contributed by atoms with E-state index >= 15 is 0 Å². The van der Waals surface area contributed by atoms with E-state index in [9.17, 15) is 19.5 Å². The summed E-state index contributed by atoms with van der Waals surface area (Å²) in [7, 11) is 2.84. The van der Waals surface area contributed by atoms with Crippen LogP contribution in [0.4, 0.5) is 11.6 Å². The van der Waals surface area contributed by atoms with Crippen LogP contribution in [0.15, 0.2) is 33.9 Å². The van der Waals surface area contributed by atoms with E-state index in [1.165, 1.54) is 18.7 Å². The maximum atomic E-state index is 12.2. The Bertz CT molecular complexity index is 1170. The fraction of sp³-hybridized carbons (Fsp3) is 0.200. The number of nitrogens with zero attached hydrogens (tertiary/aromatic N) is 3. The van der Waals surface area contributed by atoms with Crippen LogP contribution in [0, 0.1) is 0 Å². The quantitative estimate of drug-likeness (QED) is 0.288. The summed E-state index contributed by atoms with van der Waals surface area (Å²) in [6.07, 6.45) is 0. The Morgan fingerprint density at radius 2 is 1.88 bits per heavy atom. The molecule has 0 saturated carbocycles. The van der Waals surface area contributed by atoms with Crippen molar-refractivity contribution in [3.05, 3.63) is 50.7 Å². The van der Waals surface area contributed by atoms with Crippen molar-refractivity contribution < 1.29 is 9.90 Å². The van der Waals surface area contributed by atoms with Gasteiger partial charge in [0, 0.05) is 25.3 Å². The average Bonchev–Trinajstić information content (AvgIpc) is 3.17. The van der Waals surface area contributed by atoms with E-state index in [2.05, 4.69) is 26.1 Å². The number of hydrazine groups is 1. The number of aliphatic hydroxyl groups is 1. The number of anilines is 2. The molecule has 0 spiro atoms. The molecule has 1 aromatic carbocycles. The van der Waals surface area contributed by atoms with Gasteiger partial charge in [-0.3, -0.25) is 24.1 Å². The third-order valence-electron chi connectivity index (χ3n) is 4.35. The summed E-state index contributed by atoms with van der Waals surface area (Å²) in [5.74, 6) is -0.602. The van der Waals surface area contributed by atoms with Crippen LogP contribution in [0.5, 0.6) is 0 Å². The largest absolute Gasteiger partial charge is 0.363 e. The van der Waals surface area contributed by atoms with E-state index in [1.807, 2.05) is 0 Å². The second kappa shape index (κ2) is 5.28. The highest BCUT2D eigenvalue weighted by molar-refractivity contribution is 6.04. The number of imidazole rings is 1. The summed E-state index contributed by atoms with van der Waals surface area (Å²) in [6.45, 7) is 0. The number of nitrogens with one attached hydrogen (secondary N) is 4. The minimum Gasteiger partial charge on any atom is -0.363 e. The molecule has 0 radical (unpaired) electrons. The van der Waals surface area contributed by atoms with Crippen LogP contribution in [-0.4, -0.2) is 30.1 Å². The van der Waals surface area contributed by atoms with E-state index in [1.54, 1.807) is 24.3 Å². The minimum atomic E-state index is -2.02. The molecule has 11 nitrogen and oxygen atoms in total. The van der Waals surface area contributed by atoms with Crippen LogP contribution in [0.25, 0.3) is 11.2 Å². The van der Waals surface area contributed by atoms with Gasteiger partial charge in [0.2, 0.25) is 11.7 Å². The SMILES string of the molecule is Cn1c(=O)c2[nH]c(NNC3(O)C(=O)Nc4ccccc43)nc2n(C)c1=O. The van der Waals surface area contributed by atoms with Crippen molar-refractivity contribution >= 4 is 28.7 Å². The highest BCUT2D eigenvalue weighted by Crippen LogP contribution is 2.33. The van der Waals surface area contributed by atoms with Gasteiger partial charge >= 0.3 is 5.69 Å². The van der Waals surface area contributed by atoms with Gasteiger partial charge in [0.25, 0.3) is 11.5 Å². The number of amides is 1.